The highest BCUT2D eigenvalue weighted by atomic mass is 35.5. The summed E-state index contributed by atoms with van der Waals surface area (Å²) in [6.07, 6.45) is 2.59. The highest BCUT2D eigenvalue weighted by molar-refractivity contribution is 5.86. The highest BCUT2D eigenvalue weighted by Crippen LogP contribution is 2.20. The van der Waals surface area contributed by atoms with Crippen LogP contribution in [0.1, 0.15) is 18.4 Å². The molecule has 1 heterocycles. The van der Waals surface area contributed by atoms with Crippen molar-refractivity contribution in [2.45, 2.75) is 25.3 Å². The van der Waals surface area contributed by atoms with Crippen molar-refractivity contribution in [2.24, 2.45) is 5.73 Å². The molecule has 0 bridgehead atoms. The standard InChI is InChI=1S/C17H20N2O.ClH/c18-12-16-6-3-9-19(16)17(20)11-13-7-8-14-4-1-2-5-15(14)10-13;/h1-2,4-5,7-8,10,16H,3,6,9,11-12,18H2;1H. The molecule has 0 aliphatic carbocycles. The molecule has 0 saturated carbocycles. The third-order valence-electron chi connectivity index (χ3n) is 4.14. The smallest absolute Gasteiger partial charge is 0.227 e. The molecule has 1 atom stereocenters. The van der Waals surface area contributed by atoms with E-state index < -0.39 is 0 Å². The predicted molar refractivity (Wildman–Crippen MR) is 88.7 cm³/mol. The summed E-state index contributed by atoms with van der Waals surface area (Å²) < 4.78 is 0. The molecular formula is C17H21ClN2O. The molecule has 4 heteroatoms. The predicted octanol–water partition coefficient (Wildman–Crippen LogP) is 2.75. The first kappa shape index (κ1) is 15.8. The second-order valence-electron chi connectivity index (χ2n) is 5.48. The number of halogens is 1. The molecule has 21 heavy (non-hydrogen) atoms. The molecule has 2 N–H and O–H groups in total. The Morgan fingerprint density at radius 1 is 1.19 bits per heavy atom. The Kier molecular flexibility index (Phi) is 5.21. The van der Waals surface area contributed by atoms with Crippen LogP contribution in [0.25, 0.3) is 10.8 Å². The third-order valence-corrected chi connectivity index (χ3v) is 4.14. The lowest BCUT2D eigenvalue weighted by Crippen LogP contribution is -2.40. The summed E-state index contributed by atoms with van der Waals surface area (Å²) in [4.78, 5) is 14.3. The van der Waals surface area contributed by atoms with Crippen molar-refractivity contribution in [1.82, 2.24) is 4.90 Å². The maximum absolute atomic E-state index is 12.4. The summed E-state index contributed by atoms with van der Waals surface area (Å²) >= 11 is 0. The van der Waals surface area contributed by atoms with E-state index in [1.807, 2.05) is 23.1 Å². The average Bonchev–Trinajstić information content (AvgIpc) is 2.95. The van der Waals surface area contributed by atoms with Gasteiger partial charge in [0.1, 0.15) is 0 Å². The summed E-state index contributed by atoms with van der Waals surface area (Å²) in [5.41, 5.74) is 6.82. The van der Waals surface area contributed by atoms with E-state index in [2.05, 4.69) is 24.3 Å². The number of nitrogens with two attached hydrogens (primary N) is 1. The molecule has 3 nitrogen and oxygen atoms in total. The molecule has 1 amide bonds. The summed E-state index contributed by atoms with van der Waals surface area (Å²) in [6, 6.07) is 14.7. The Morgan fingerprint density at radius 3 is 2.71 bits per heavy atom. The van der Waals surface area contributed by atoms with Gasteiger partial charge in [0.2, 0.25) is 5.91 Å². The zero-order valence-electron chi connectivity index (χ0n) is 12.0. The number of hydrogen-bond donors (Lipinski definition) is 1. The van der Waals surface area contributed by atoms with Crippen molar-refractivity contribution in [3.63, 3.8) is 0 Å². The van der Waals surface area contributed by atoms with Gasteiger partial charge in [0.15, 0.2) is 0 Å². The molecule has 1 aliphatic rings. The summed E-state index contributed by atoms with van der Waals surface area (Å²) in [5, 5.41) is 2.40. The Labute approximate surface area is 131 Å². The maximum Gasteiger partial charge on any atom is 0.227 e. The summed E-state index contributed by atoms with van der Waals surface area (Å²) in [6.45, 7) is 1.43. The van der Waals surface area contributed by atoms with Gasteiger partial charge in [0.05, 0.1) is 6.42 Å². The third kappa shape index (κ3) is 3.36. The molecule has 1 fully saturated rings. The monoisotopic (exact) mass is 304 g/mol. The van der Waals surface area contributed by atoms with Crippen LogP contribution in [0.3, 0.4) is 0 Å². The Balaban J connectivity index is 0.00000161. The molecule has 1 saturated heterocycles. The first-order chi connectivity index (χ1) is 9.78. The van der Waals surface area contributed by atoms with Crippen LogP contribution in [-0.4, -0.2) is 29.9 Å². The van der Waals surface area contributed by atoms with Crippen molar-refractivity contribution in [3.05, 3.63) is 48.0 Å². The van der Waals surface area contributed by atoms with E-state index in [0.717, 1.165) is 24.9 Å². The van der Waals surface area contributed by atoms with Gasteiger partial charge in [0, 0.05) is 19.1 Å². The van der Waals surface area contributed by atoms with E-state index in [1.54, 1.807) is 0 Å². The minimum atomic E-state index is 0. The van der Waals surface area contributed by atoms with Gasteiger partial charge in [0.25, 0.3) is 0 Å². The van der Waals surface area contributed by atoms with Crippen LogP contribution in [0.15, 0.2) is 42.5 Å². The minimum absolute atomic E-state index is 0. The van der Waals surface area contributed by atoms with Crippen molar-refractivity contribution in [1.29, 1.82) is 0 Å². The lowest BCUT2D eigenvalue weighted by atomic mass is 10.0. The van der Waals surface area contributed by atoms with E-state index in [0.29, 0.717) is 13.0 Å². The lowest BCUT2D eigenvalue weighted by molar-refractivity contribution is -0.131. The number of benzene rings is 2. The lowest BCUT2D eigenvalue weighted by Gasteiger charge is -2.23. The Bertz CT molecular complexity index is 629. The fourth-order valence-electron chi connectivity index (χ4n) is 3.03. The second kappa shape index (κ2) is 6.92. The van der Waals surface area contributed by atoms with E-state index in [4.69, 9.17) is 5.73 Å². The van der Waals surface area contributed by atoms with E-state index >= 15 is 0 Å². The number of carbonyl (C=O) groups is 1. The van der Waals surface area contributed by atoms with Crippen LogP contribution in [0.4, 0.5) is 0 Å². The molecule has 0 radical (unpaired) electrons. The first-order valence-electron chi connectivity index (χ1n) is 7.25. The van der Waals surface area contributed by atoms with Gasteiger partial charge in [-0.15, -0.1) is 12.4 Å². The fraction of sp³-hybridized carbons (Fsp3) is 0.353. The van der Waals surface area contributed by atoms with Gasteiger partial charge >= 0.3 is 0 Å². The Morgan fingerprint density at radius 2 is 1.95 bits per heavy atom. The zero-order chi connectivity index (χ0) is 13.9. The number of nitrogens with zero attached hydrogens (tertiary/aromatic N) is 1. The summed E-state index contributed by atoms with van der Waals surface area (Å²) in [5.74, 6) is 0.202. The number of fused-ring (bicyclic) bond motifs is 1. The van der Waals surface area contributed by atoms with Gasteiger partial charge in [-0.2, -0.15) is 0 Å². The van der Waals surface area contributed by atoms with Crippen LogP contribution >= 0.6 is 12.4 Å². The van der Waals surface area contributed by atoms with E-state index in [-0.39, 0.29) is 24.4 Å². The summed E-state index contributed by atoms with van der Waals surface area (Å²) in [7, 11) is 0. The molecule has 0 spiro atoms. The SMILES string of the molecule is Cl.NCC1CCCN1C(=O)Cc1ccc2ccccc2c1. The van der Waals surface area contributed by atoms with E-state index in [1.165, 1.54) is 10.8 Å². The van der Waals surface area contributed by atoms with Crippen molar-refractivity contribution < 1.29 is 4.79 Å². The largest absolute Gasteiger partial charge is 0.338 e. The average molecular weight is 305 g/mol. The number of hydrogen-bond acceptors (Lipinski definition) is 2. The van der Waals surface area contributed by atoms with Gasteiger partial charge in [-0.3, -0.25) is 4.79 Å². The van der Waals surface area contributed by atoms with Gasteiger partial charge in [-0.25, -0.2) is 0 Å². The molecule has 3 rings (SSSR count). The number of rotatable bonds is 3. The van der Waals surface area contributed by atoms with Gasteiger partial charge < -0.3 is 10.6 Å². The number of carbonyl (C=O) groups excluding carboxylic acids is 1. The maximum atomic E-state index is 12.4. The normalized spacial score (nSPS) is 17.8. The molecule has 112 valence electrons. The molecule has 0 aromatic heterocycles. The molecule has 1 aliphatic heterocycles. The topological polar surface area (TPSA) is 46.3 Å². The van der Waals surface area contributed by atoms with Crippen LogP contribution < -0.4 is 5.73 Å². The van der Waals surface area contributed by atoms with Crippen molar-refractivity contribution >= 4 is 29.1 Å². The fourth-order valence-corrected chi connectivity index (χ4v) is 3.03. The van der Waals surface area contributed by atoms with E-state index in [9.17, 15) is 4.79 Å². The Hall–Kier alpha value is -1.58. The quantitative estimate of drug-likeness (QED) is 0.948. The zero-order valence-corrected chi connectivity index (χ0v) is 12.8. The molecule has 2 aromatic rings. The van der Waals surface area contributed by atoms with Crippen LogP contribution in [0, 0.1) is 0 Å². The first-order valence-corrected chi connectivity index (χ1v) is 7.25. The van der Waals surface area contributed by atoms with Gasteiger partial charge in [-0.05, 0) is 29.2 Å². The second-order valence-corrected chi connectivity index (χ2v) is 5.48. The van der Waals surface area contributed by atoms with Crippen LogP contribution in [0.5, 0.6) is 0 Å². The van der Waals surface area contributed by atoms with Gasteiger partial charge in [-0.1, -0.05) is 42.5 Å². The van der Waals surface area contributed by atoms with Crippen molar-refractivity contribution in [3.8, 4) is 0 Å². The minimum Gasteiger partial charge on any atom is -0.338 e. The van der Waals surface area contributed by atoms with Crippen LogP contribution in [-0.2, 0) is 11.2 Å². The molecule has 2 aromatic carbocycles. The van der Waals surface area contributed by atoms with Crippen molar-refractivity contribution in [2.75, 3.05) is 13.1 Å². The number of amides is 1. The number of likely N-dealkylation sites (tertiary alicyclic amines) is 1. The highest BCUT2D eigenvalue weighted by Gasteiger charge is 2.27. The van der Waals surface area contributed by atoms with Crippen LogP contribution in [0.2, 0.25) is 0 Å². The molecule has 1 unspecified atom stereocenters. The molecular weight excluding hydrogens is 284 g/mol.